The molecular weight excluding hydrogens is 473 g/mol. The normalized spacial score (nSPS) is 11.5. The van der Waals surface area contributed by atoms with Crippen LogP contribution in [0.1, 0.15) is 18.1 Å². The molecule has 0 spiro atoms. The number of methoxy groups -OCH3 is 2. The fourth-order valence-electron chi connectivity index (χ4n) is 3.90. The van der Waals surface area contributed by atoms with E-state index in [-0.39, 0.29) is 5.91 Å². The van der Waals surface area contributed by atoms with E-state index in [0.717, 1.165) is 44.5 Å². The molecule has 3 aromatic carbocycles. The van der Waals surface area contributed by atoms with Gasteiger partial charge in [0, 0.05) is 33.2 Å². The Hall–Kier alpha value is -3.41. The number of ether oxygens (including phenoxy) is 2. The van der Waals surface area contributed by atoms with Gasteiger partial charge in [-0.3, -0.25) is 4.79 Å². The minimum absolute atomic E-state index is 0.330. The highest BCUT2D eigenvalue weighted by atomic mass is 35.5. The van der Waals surface area contributed by atoms with E-state index in [1.807, 2.05) is 44.2 Å². The summed E-state index contributed by atoms with van der Waals surface area (Å²) < 4.78 is 16.9. The molecule has 1 N–H and O–H groups in total. The number of benzene rings is 3. The van der Waals surface area contributed by atoms with Crippen LogP contribution < -0.4 is 14.8 Å². The number of hydrogen-bond donors (Lipinski definition) is 1. The lowest BCUT2D eigenvalue weighted by molar-refractivity contribution is -0.111. The monoisotopic (exact) mass is 495 g/mol. The summed E-state index contributed by atoms with van der Waals surface area (Å²) in [5.41, 5.74) is 5.46. The van der Waals surface area contributed by atoms with Crippen LogP contribution in [0.2, 0.25) is 10.0 Å². The highest BCUT2D eigenvalue weighted by molar-refractivity contribution is 6.35. The number of carbonyl (C=O) groups excluding carboxylic acids is 1. The summed E-state index contributed by atoms with van der Waals surface area (Å²) in [5, 5.41) is 4.59. The van der Waals surface area contributed by atoms with Gasteiger partial charge in [0.05, 0.1) is 31.2 Å². The van der Waals surface area contributed by atoms with E-state index < -0.39 is 0 Å². The minimum Gasteiger partial charge on any atom is -0.497 e. The van der Waals surface area contributed by atoms with Gasteiger partial charge in [0.15, 0.2) is 0 Å². The summed E-state index contributed by atoms with van der Waals surface area (Å²) in [6.45, 7) is 3.79. The number of carbonyl (C=O) groups is 1. The van der Waals surface area contributed by atoms with Gasteiger partial charge < -0.3 is 19.2 Å². The molecule has 0 aliphatic rings. The minimum atomic E-state index is -0.330. The molecule has 4 rings (SSSR count). The second-order valence-electron chi connectivity index (χ2n) is 7.78. The average molecular weight is 496 g/mol. The fourth-order valence-corrected chi connectivity index (χ4v) is 4.24. The van der Waals surface area contributed by atoms with Gasteiger partial charge in [0.2, 0.25) is 5.91 Å². The van der Waals surface area contributed by atoms with Gasteiger partial charge in [-0.15, -0.1) is 0 Å². The fraction of sp³-hybridized carbons (Fsp3) is 0.148. The number of amides is 1. The van der Waals surface area contributed by atoms with Gasteiger partial charge in [-0.1, -0.05) is 35.3 Å². The van der Waals surface area contributed by atoms with Crippen LogP contribution in [-0.2, 0) is 4.79 Å². The number of nitrogens with one attached hydrogen (secondary N) is 1. The van der Waals surface area contributed by atoms with Crippen molar-refractivity contribution in [2.24, 2.45) is 0 Å². The Kier molecular flexibility index (Phi) is 6.87. The third-order valence-corrected chi connectivity index (χ3v) is 6.17. The molecule has 0 saturated heterocycles. The van der Waals surface area contributed by atoms with Crippen molar-refractivity contribution in [3.8, 4) is 22.6 Å². The van der Waals surface area contributed by atoms with Crippen molar-refractivity contribution < 1.29 is 18.7 Å². The zero-order valence-electron chi connectivity index (χ0n) is 19.2. The highest BCUT2D eigenvalue weighted by Crippen LogP contribution is 2.41. The zero-order chi connectivity index (χ0) is 24.4. The SMILES string of the molecule is COc1ccc(-c2coc3c(C)c(OC)c(/C(C)=C/C(=O)Nc4cc(Cl)ccc4Cl)cc23)cc1. The van der Waals surface area contributed by atoms with Gasteiger partial charge in [-0.05, 0) is 61.4 Å². The molecule has 1 aromatic heterocycles. The van der Waals surface area contributed by atoms with Gasteiger partial charge in [-0.25, -0.2) is 0 Å². The molecule has 4 aromatic rings. The van der Waals surface area contributed by atoms with Crippen molar-refractivity contribution in [2.75, 3.05) is 19.5 Å². The Morgan fingerprint density at radius 3 is 2.44 bits per heavy atom. The summed E-state index contributed by atoms with van der Waals surface area (Å²) in [4.78, 5) is 12.7. The first-order valence-corrected chi connectivity index (χ1v) is 11.3. The number of rotatable bonds is 6. The Morgan fingerprint density at radius 2 is 1.76 bits per heavy atom. The lowest BCUT2D eigenvalue weighted by Crippen LogP contribution is -2.09. The predicted octanol–water partition coefficient (Wildman–Crippen LogP) is 7.77. The van der Waals surface area contributed by atoms with Crippen LogP contribution in [0.3, 0.4) is 0 Å². The van der Waals surface area contributed by atoms with Crippen LogP contribution in [0.4, 0.5) is 5.69 Å². The molecule has 0 bridgehead atoms. The summed E-state index contributed by atoms with van der Waals surface area (Å²) in [5.74, 6) is 1.09. The number of halogens is 2. The quantitative estimate of drug-likeness (QED) is 0.277. The first-order chi connectivity index (χ1) is 16.3. The first-order valence-electron chi connectivity index (χ1n) is 10.5. The molecule has 0 atom stereocenters. The van der Waals surface area contributed by atoms with E-state index in [2.05, 4.69) is 5.32 Å². The van der Waals surface area contributed by atoms with Crippen molar-refractivity contribution in [2.45, 2.75) is 13.8 Å². The molecule has 5 nitrogen and oxygen atoms in total. The second kappa shape index (κ2) is 9.84. The van der Waals surface area contributed by atoms with Gasteiger partial charge >= 0.3 is 0 Å². The van der Waals surface area contributed by atoms with Crippen molar-refractivity contribution in [1.82, 2.24) is 0 Å². The second-order valence-corrected chi connectivity index (χ2v) is 8.62. The van der Waals surface area contributed by atoms with Crippen molar-refractivity contribution >= 4 is 51.3 Å². The molecule has 7 heteroatoms. The number of allylic oxidation sites excluding steroid dienone is 1. The third kappa shape index (κ3) is 4.63. The first kappa shape index (κ1) is 23.7. The Balaban J connectivity index is 1.75. The van der Waals surface area contributed by atoms with E-state index in [1.165, 1.54) is 6.08 Å². The molecule has 0 aliphatic carbocycles. The molecule has 0 saturated carbocycles. The number of furan rings is 1. The van der Waals surface area contributed by atoms with Crippen LogP contribution in [0.5, 0.6) is 11.5 Å². The van der Waals surface area contributed by atoms with Gasteiger partial charge in [0.25, 0.3) is 0 Å². The summed E-state index contributed by atoms with van der Waals surface area (Å²) in [7, 11) is 3.24. The van der Waals surface area contributed by atoms with E-state index in [1.54, 1.807) is 38.7 Å². The van der Waals surface area contributed by atoms with E-state index in [4.69, 9.17) is 37.1 Å². The summed E-state index contributed by atoms with van der Waals surface area (Å²) in [6.07, 6.45) is 3.24. The number of aryl methyl sites for hydroxylation is 1. The van der Waals surface area contributed by atoms with Gasteiger partial charge in [0.1, 0.15) is 17.1 Å². The standard InChI is InChI=1S/C27H23Cl2NO4/c1-15(11-25(31)30-24-12-18(28)7-10-23(24)29)20-13-21-22(17-5-8-19(32-3)9-6-17)14-34-27(21)16(2)26(20)33-4/h5-14H,1-4H3,(H,30,31)/b15-11+. The summed E-state index contributed by atoms with van der Waals surface area (Å²) in [6, 6.07) is 14.7. The smallest absolute Gasteiger partial charge is 0.248 e. The van der Waals surface area contributed by atoms with Crippen molar-refractivity contribution in [1.29, 1.82) is 0 Å². The largest absolute Gasteiger partial charge is 0.497 e. The lowest BCUT2D eigenvalue weighted by Gasteiger charge is -2.13. The van der Waals surface area contributed by atoms with Crippen LogP contribution in [0.25, 0.3) is 27.7 Å². The highest BCUT2D eigenvalue weighted by Gasteiger charge is 2.19. The van der Waals surface area contributed by atoms with Crippen LogP contribution in [0.15, 0.2) is 65.3 Å². The van der Waals surface area contributed by atoms with Crippen molar-refractivity contribution in [3.63, 3.8) is 0 Å². The van der Waals surface area contributed by atoms with E-state index >= 15 is 0 Å². The molecule has 0 fully saturated rings. The van der Waals surface area contributed by atoms with Crippen LogP contribution in [-0.4, -0.2) is 20.1 Å². The maximum atomic E-state index is 12.7. The van der Waals surface area contributed by atoms with E-state index in [9.17, 15) is 4.79 Å². The van der Waals surface area contributed by atoms with Gasteiger partial charge in [-0.2, -0.15) is 0 Å². The molecule has 1 heterocycles. The number of fused-ring (bicyclic) bond motifs is 1. The maximum absolute atomic E-state index is 12.7. The Morgan fingerprint density at radius 1 is 1.03 bits per heavy atom. The molecule has 0 unspecified atom stereocenters. The Bertz CT molecular complexity index is 1400. The average Bonchev–Trinajstić information content (AvgIpc) is 3.25. The lowest BCUT2D eigenvalue weighted by atomic mass is 9.96. The summed E-state index contributed by atoms with van der Waals surface area (Å²) >= 11 is 12.2. The topological polar surface area (TPSA) is 60.7 Å². The van der Waals surface area contributed by atoms with Crippen LogP contribution in [0, 0.1) is 6.92 Å². The number of anilines is 1. The van der Waals surface area contributed by atoms with Crippen molar-refractivity contribution in [3.05, 3.63) is 82.0 Å². The Labute approximate surface area is 207 Å². The van der Waals surface area contributed by atoms with Crippen LogP contribution >= 0.6 is 23.2 Å². The maximum Gasteiger partial charge on any atom is 0.248 e. The zero-order valence-corrected chi connectivity index (χ0v) is 20.7. The molecule has 34 heavy (non-hydrogen) atoms. The molecule has 1 amide bonds. The molecule has 174 valence electrons. The predicted molar refractivity (Wildman–Crippen MR) is 138 cm³/mol. The third-order valence-electron chi connectivity index (χ3n) is 5.61. The van der Waals surface area contributed by atoms with E-state index in [0.29, 0.717) is 21.5 Å². The molecule has 0 aliphatic heterocycles. The molecule has 0 radical (unpaired) electrons. The molecular formula is C27H23Cl2NO4. The number of hydrogen-bond acceptors (Lipinski definition) is 4.